The van der Waals surface area contributed by atoms with Crippen LogP contribution in [0.4, 0.5) is 4.79 Å². The molecule has 2 aromatic rings. The molecule has 2 saturated carbocycles. The Labute approximate surface area is 192 Å². The minimum Gasteiger partial charge on any atom is -0.481 e. The molecule has 3 aliphatic rings. The number of ether oxygens (including phenoxy) is 1. The van der Waals surface area contributed by atoms with Gasteiger partial charge in [0.25, 0.3) is 0 Å². The molecule has 1 atom stereocenters. The lowest BCUT2D eigenvalue weighted by Crippen LogP contribution is -2.45. The highest BCUT2D eigenvalue weighted by atomic mass is 16.5. The molecule has 1 unspecified atom stereocenters. The van der Waals surface area contributed by atoms with Crippen LogP contribution in [0.25, 0.3) is 11.1 Å². The monoisotopic (exact) mass is 448 g/mol. The standard InChI is InChI=1S/C26H28N2O5/c29-22(30)10-13-27-23(31)26(15-25(26)11-5-12-25)16-28-24(32)33-14-21-19-8-3-1-6-17(19)18-7-2-4-9-20(18)21/h1-4,6-9,21H,5,10-16H2,(H,27,31)(H,28,32)(H,29,30). The second-order valence-electron chi connectivity index (χ2n) is 9.47. The number of rotatable bonds is 8. The number of fused-ring (bicyclic) bond motifs is 3. The van der Waals surface area contributed by atoms with Crippen LogP contribution < -0.4 is 10.6 Å². The lowest BCUT2D eigenvalue weighted by molar-refractivity contribution is -0.137. The Morgan fingerprint density at radius 2 is 1.61 bits per heavy atom. The van der Waals surface area contributed by atoms with Crippen LogP contribution in [0.5, 0.6) is 0 Å². The number of hydrogen-bond donors (Lipinski definition) is 3. The van der Waals surface area contributed by atoms with Crippen molar-refractivity contribution in [2.75, 3.05) is 19.7 Å². The minimum absolute atomic E-state index is 0.0182. The molecule has 5 rings (SSSR count). The van der Waals surface area contributed by atoms with Crippen molar-refractivity contribution in [3.05, 3.63) is 59.7 Å². The van der Waals surface area contributed by atoms with E-state index in [1.165, 1.54) is 11.1 Å². The van der Waals surface area contributed by atoms with Gasteiger partial charge in [0.05, 0.1) is 11.8 Å². The molecule has 3 N–H and O–H groups in total. The van der Waals surface area contributed by atoms with Gasteiger partial charge in [-0.3, -0.25) is 9.59 Å². The fourth-order valence-electron chi connectivity index (χ4n) is 5.77. The van der Waals surface area contributed by atoms with Crippen LogP contribution in [0.15, 0.2) is 48.5 Å². The quantitative estimate of drug-likeness (QED) is 0.572. The van der Waals surface area contributed by atoms with Crippen molar-refractivity contribution in [2.45, 2.75) is 38.0 Å². The van der Waals surface area contributed by atoms with Gasteiger partial charge in [-0.05, 0) is 46.9 Å². The number of carbonyl (C=O) groups excluding carboxylic acids is 2. The van der Waals surface area contributed by atoms with E-state index in [1.54, 1.807) is 0 Å². The van der Waals surface area contributed by atoms with E-state index in [1.807, 2.05) is 24.3 Å². The van der Waals surface area contributed by atoms with E-state index in [0.717, 1.165) is 36.8 Å². The van der Waals surface area contributed by atoms with E-state index in [2.05, 4.69) is 34.9 Å². The number of alkyl carbamates (subject to hydrolysis) is 1. The molecule has 2 amide bonds. The van der Waals surface area contributed by atoms with Gasteiger partial charge in [-0.2, -0.15) is 0 Å². The largest absolute Gasteiger partial charge is 0.481 e. The molecule has 0 aliphatic heterocycles. The summed E-state index contributed by atoms with van der Waals surface area (Å²) in [6.07, 6.45) is 3.08. The van der Waals surface area contributed by atoms with E-state index < -0.39 is 17.5 Å². The summed E-state index contributed by atoms with van der Waals surface area (Å²) < 4.78 is 5.62. The molecule has 7 nitrogen and oxygen atoms in total. The zero-order valence-electron chi connectivity index (χ0n) is 18.4. The van der Waals surface area contributed by atoms with Crippen LogP contribution in [0, 0.1) is 10.8 Å². The number of carbonyl (C=O) groups is 3. The molecule has 2 aromatic carbocycles. The van der Waals surface area contributed by atoms with Crippen LogP contribution in [-0.4, -0.2) is 42.8 Å². The summed E-state index contributed by atoms with van der Waals surface area (Å²) in [5.41, 5.74) is 3.92. The van der Waals surface area contributed by atoms with Gasteiger partial charge in [-0.1, -0.05) is 55.0 Å². The van der Waals surface area contributed by atoms with Gasteiger partial charge < -0.3 is 20.5 Å². The number of hydrogen-bond acceptors (Lipinski definition) is 4. The fraction of sp³-hybridized carbons (Fsp3) is 0.423. The van der Waals surface area contributed by atoms with Crippen molar-refractivity contribution in [2.24, 2.45) is 10.8 Å². The molecule has 2 fully saturated rings. The summed E-state index contributed by atoms with van der Waals surface area (Å²) in [6, 6.07) is 16.3. The molecular weight excluding hydrogens is 420 g/mol. The highest BCUT2D eigenvalue weighted by molar-refractivity contribution is 5.88. The van der Waals surface area contributed by atoms with E-state index in [9.17, 15) is 14.4 Å². The number of carboxylic acids is 1. The molecule has 7 heteroatoms. The van der Waals surface area contributed by atoms with E-state index in [-0.39, 0.29) is 43.4 Å². The van der Waals surface area contributed by atoms with Crippen LogP contribution >= 0.6 is 0 Å². The third kappa shape index (κ3) is 3.65. The zero-order chi connectivity index (χ0) is 23.1. The van der Waals surface area contributed by atoms with E-state index in [4.69, 9.17) is 9.84 Å². The Kier molecular flexibility index (Phi) is 5.35. The highest BCUT2D eigenvalue weighted by Crippen LogP contribution is 2.73. The molecule has 3 aliphatic carbocycles. The van der Waals surface area contributed by atoms with E-state index in [0.29, 0.717) is 0 Å². The molecule has 0 saturated heterocycles. The molecule has 0 bridgehead atoms. The van der Waals surface area contributed by atoms with Crippen LogP contribution in [0.1, 0.15) is 49.1 Å². The minimum atomic E-state index is -0.949. The summed E-state index contributed by atoms with van der Waals surface area (Å²) >= 11 is 0. The van der Waals surface area contributed by atoms with Crippen molar-refractivity contribution in [1.82, 2.24) is 10.6 Å². The summed E-state index contributed by atoms with van der Waals surface area (Å²) in [5.74, 6) is -1.13. The fourth-order valence-corrected chi connectivity index (χ4v) is 5.77. The maximum absolute atomic E-state index is 12.9. The van der Waals surface area contributed by atoms with Crippen molar-refractivity contribution >= 4 is 18.0 Å². The first-order valence-electron chi connectivity index (χ1n) is 11.5. The van der Waals surface area contributed by atoms with Gasteiger partial charge in [0.1, 0.15) is 6.61 Å². The lowest BCUT2D eigenvalue weighted by Gasteiger charge is -2.32. The van der Waals surface area contributed by atoms with Gasteiger partial charge in [0.2, 0.25) is 5.91 Å². The SMILES string of the molecule is O=C(O)CCNC(=O)C1(CNC(=O)OCC2c3ccccc3-c3ccccc32)CC12CCC2. The number of nitrogens with one attached hydrogen (secondary N) is 2. The van der Waals surface area contributed by atoms with Crippen molar-refractivity contribution < 1.29 is 24.2 Å². The predicted octanol–water partition coefficient (Wildman–Crippen LogP) is 3.68. The Bertz CT molecular complexity index is 1060. The number of aliphatic carboxylic acids is 1. The normalized spacial score (nSPS) is 21.5. The maximum Gasteiger partial charge on any atom is 0.407 e. The van der Waals surface area contributed by atoms with Gasteiger partial charge in [-0.25, -0.2) is 4.79 Å². The molecule has 0 radical (unpaired) electrons. The molecule has 172 valence electrons. The molecule has 33 heavy (non-hydrogen) atoms. The highest BCUT2D eigenvalue weighted by Gasteiger charge is 2.73. The Balaban J connectivity index is 1.20. The van der Waals surface area contributed by atoms with Crippen molar-refractivity contribution in [1.29, 1.82) is 0 Å². The van der Waals surface area contributed by atoms with Gasteiger partial charge in [-0.15, -0.1) is 0 Å². The van der Waals surface area contributed by atoms with Gasteiger partial charge >= 0.3 is 12.1 Å². The number of benzene rings is 2. The first-order chi connectivity index (χ1) is 16.0. The lowest BCUT2D eigenvalue weighted by atomic mass is 9.74. The van der Waals surface area contributed by atoms with Gasteiger partial charge in [0, 0.05) is 19.0 Å². The summed E-state index contributed by atoms with van der Waals surface area (Å²) in [5, 5.41) is 14.4. The van der Waals surface area contributed by atoms with Crippen LogP contribution in [0.2, 0.25) is 0 Å². The topological polar surface area (TPSA) is 105 Å². The molecular formula is C26H28N2O5. The molecule has 0 aromatic heterocycles. The summed E-state index contributed by atoms with van der Waals surface area (Å²) in [7, 11) is 0. The Hall–Kier alpha value is -3.35. The molecule has 1 spiro atoms. The molecule has 0 heterocycles. The van der Waals surface area contributed by atoms with Gasteiger partial charge in [0.15, 0.2) is 0 Å². The van der Waals surface area contributed by atoms with Crippen molar-refractivity contribution in [3.63, 3.8) is 0 Å². The second-order valence-corrected chi connectivity index (χ2v) is 9.47. The van der Waals surface area contributed by atoms with Crippen LogP contribution in [0.3, 0.4) is 0 Å². The number of amides is 2. The maximum atomic E-state index is 12.9. The first-order valence-corrected chi connectivity index (χ1v) is 11.5. The summed E-state index contributed by atoms with van der Waals surface area (Å²) in [6.45, 7) is 0.530. The Morgan fingerprint density at radius 3 is 2.15 bits per heavy atom. The van der Waals surface area contributed by atoms with Crippen molar-refractivity contribution in [3.8, 4) is 11.1 Å². The van der Waals surface area contributed by atoms with E-state index >= 15 is 0 Å². The predicted molar refractivity (Wildman–Crippen MR) is 122 cm³/mol. The van der Waals surface area contributed by atoms with Crippen LogP contribution in [-0.2, 0) is 14.3 Å². The smallest absolute Gasteiger partial charge is 0.407 e. The third-order valence-electron chi connectivity index (χ3n) is 7.78. The Morgan fingerprint density at radius 1 is 0.970 bits per heavy atom. The zero-order valence-corrected chi connectivity index (χ0v) is 18.4. The average Bonchev–Trinajstić information content (AvgIpc) is 3.41. The second kappa shape index (κ2) is 8.21. The summed E-state index contributed by atoms with van der Waals surface area (Å²) in [4.78, 5) is 36.2. The third-order valence-corrected chi connectivity index (χ3v) is 7.78. The first kappa shape index (κ1) is 21.5. The number of carboxylic acid groups (broad SMARTS) is 1. The average molecular weight is 449 g/mol.